The normalized spacial score (nSPS) is 10.1. The van der Waals surface area contributed by atoms with E-state index in [0.717, 1.165) is 3.57 Å². The molecule has 104 valence electrons. The molecule has 0 aliphatic heterocycles. The lowest BCUT2D eigenvalue weighted by Crippen LogP contribution is -2.34. The monoisotopic (exact) mass is 384 g/mol. The lowest BCUT2D eigenvalue weighted by atomic mass is 10.2. The molecule has 2 N–H and O–H groups in total. The van der Waals surface area contributed by atoms with Gasteiger partial charge in [-0.1, -0.05) is 12.1 Å². The molecule has 2 rings (SSSR count). The minimum atomic E-state index is -0.293. The van der Waals surface area contributed by atoms with E-state index in [4.69, 9.17) is 4.42 Å². The largest absolute Gasteiger partial charge is 0.459 e. The highest BCUT2D eigenvalue weighted by Crippen LogP contribution is 2.10. The summed E-state index contributed by atoms with van der Waals surface area (Å²) in [6.07, 6.45) is 1.44. The van der Waals surface area contributed by atoms with Crippen molar-refractivity contribution in [2.24, 2.45) is 0 Å². The Bertz CT molecular complexity index is 596. The summed E-state index contributed by atoms with van der Waals surface area (Å²) in [5.74, 6) is -0.185. The summed E-state index contributed by atoms with van der Waals surface area (Å²) in [5.41, 5.74) is 0.630. The summed E-state index contributed by atoms with van der Waals surface area (Å²) in [7, 11) is 0. The number of nitrogens with one attached hydrogen (secondary N) is 2. The van der Waals surface area contributed by atoms with Crippen LogP contribution >= 0.6 is 22.6 Å². The molecule has 0 saturated carbocycles. The molecule has 1 aromatic heterocycles. The van der Waals surface area contributed by atoms with Crippen molar-refractivity contribution in [2.75, 3.05) is 13.1 Å². The Hall–Kier alpha value is -1.83. The van der Waals surface area contributed by atoms with E-state index in [9.17, 15) is 9.59 Å². The number of carbonyl (C=O) groups is 2. The predicted molar refractivity (Wildman–Crippen MR) is 82.5 cm³/mol. The van der Waals surface area contributed by atoms with Gasteiger partial charge in [0.05, 0.1) is 11.8 Å². The number of hydrogen-bond donors (Lipinski definition) is 2. The molecule has 0 unspecified atom stereocenters. The van der Waals surface area contributed by atoms with Crippen molar-refractivity contribution in [1.82, 2.24) is 10.6 Å². The molecule has 0 atom stereocenters. The van der Waals surface area contributed by atoms with Gasteiger partial charge in [-0.25, -0.2) is 0 Å². The smallest absolute Gasteiger partial charge is 0.287 e. The van der Waals surface area contributed by atoms with E-state index < -0.39 is 0 Å². The summed E-state index contributed by atoms with van der Waals surface area (Å²) >= 11 is 2.11. The van der Waals surface area contributed by atoms with E-state index in [2.05, 4.69) is 33.2 Å². The third-order valence-corrected chi connectivity index (χ3v) is 3.50. The predicted octanol–water partition coefficient (Wildman–Crippen LogP) is 2.04. The topological polar surface area (TPSA) is 71.3 Å². The van der Waals surface area contributed by atoms with Crippen molar-refractivity contribution < 1.29 is 14.0 Å². The van der Waals surface area contributed by atoms with Crippen LogP contribution in [0, 0.1) is 3.57 Å². The lowest BCUT2D eigenvalue weighted by molar-refractivity contribution is 0.0910. The maximum atomic E-state index is 11.9. The second kappa shape index (κ2) is 7.09. The van der Waals surface area contributed by atoms with Gasteiger partial charge in [-0.15, -0.1) is 0 Å². The molecule has 6 heteroatoms. The van der Waals surface area contributed by atoms with Crippen molar-refractivity contribution in [3.63, 3.8) is 0 Å². The molecule has 0 radical (unpaired) electrons. The first-order chi connectivity index (χ1) is 9.68. The quantitative estimate of drug-likeness (QED) is 0.613. The maximum absolute atomic E-state index is 11.9. The number of benzene rings is 1. The molecule has 0 aliphatic rings. The number of rotatable bonds is 5. The fraction of sp³-hybridized carbons (Fsp3) is 0.143. The highest BCUT2D eigenvalue weighted by atomic mass is 127. The molecule has 5 nitrogen and oxygen atoms in total. The first kappa shape index (κ1) is 14.6. The van der Waals surface area contributed by atoms with Gasteiger partial charge in [-0.05, 0) is 46.9 Å². The molecule has 0 fully saturated rings. The van der Waals surface area contributed by atoms with Crippen molar-refractivity contribution >= 4 is 34.4 Å². The highest BCUT2D eigenvalue weighted by molar-refractivity contribution is 14.1. The van der Waals surface area contributed by atoms with E-state index in [1.54, 1.807) is 18.2 Å². The zero-order chi connectivity index (χ0) is 14.4. The summed E-state index contributed by atoms with van der Waals surface area (Å²) in [5, 5.41) is 5.41. The van der Waals surface area contributed by atoms with Crippen LogP contribution in [0.5, 0.6) is 0 Å². The van der Waals surface area contributed by atoms with Crippen LogP contribution < -0.4 is 10.6 Å². The van der Waals surface area contributed by atoms with E-state index in [0.29, 0.717) is 18.7 Å². The van der Waals surface area contributed by atoms with E-state index in [1.165, 1.54) is 6.26 Å². The SMILES string of the molecule is O=C(NCCNC(=O)c1ccccc1I)c1ccco1. The fourth-order valence-electron chi connectivity index (χ4n) is 1.59. The Kier molecular flexibility index (Phi) is 5.16. The number of carbonyl (C=O) groups excluding carboxylic acids is 2. The third kappa shape index (κ3) is 3.83. The van der Waals surface area contributed by atoms with Gasteiger partial charge in [0.2, 0.25) is 0 Å². The van der Waals surface area contributed by atoms with Crippen molar-refractivity contribution in [3.05, 3.63) is 57.6 Å². The molecule has 20 heavy (non-hydrogen) atoms. The fourth-order valence-corrected chi connectivity index (χ4v) is 2.22. The number of amides is 2. The van der Waals surface area contributed by atoms with E-state index in [1.807, 2.05) is 18.2 Å². The van der Waals surface area contributed by atoms with Gasteiger partial charge in [0, 0.05) is 16.7 Å². The van der Waals surface area contributed by atoms with Crippen LogP contribution in [0.1, 0.15) is 20.9 Å². The van der Waals surface area contributed by atoms with Crippen LogP contribution in [0.15, 0.2) is 47.1 Å². The Morgan fingerprint density at radius 1 is 1.00 bits per heavy atom. The Balaban J connectivity index is 1.75. The first-order valence-electron chi connectivity index (χ1n) is 6.03. The average molecular weight is 384 g/mol. The summed E-state index contributed by atoms with van der Waals surface area (Å²) in [6.45, 7) is 0.699. The van der Waals surface area contributed by atoms with Gasteiger partial charge in [0.1, 0.15) is 0 Å². The maximum Gasteiger partial charge on any atom is 0.287 e. The van der Waals surface area contributed by atoms with Gasteiger partial charge in [-0.3, -0.25) is 9.59 Å². The van der Waals surface area contributed by atoms with Gasteiger partial charge in [-0.2, -0.15) is 0 Å². The van der Waals surface area contributed by atoms with Crippen LogP contribution in [0.2, 0.25) is 0 Å². The van der Waals surface area contributed by atoms with Gasteiger partial charge >= 0.3 is 0 Å². The molecular weight excluding hydrogens is 371 g/mol. The highest BCUT2D eigenvalue weighted by Gasteiger charge is 2.09. The molecule has 1 heterocycles. The molecule has 1 aromatic carbocycles. The van der Waals surface area contributed by atoms with Crippen molar-refractivity contribution in [1.29, 1.82) is 0 Å². The standard InChI is InChI=1S/C14H13IN2O3/c15-11-5-2-1-4-10(11)13(18)16-7-8-17-14(19)12-6-3-9-20-12/h1-6,9H,7-8H2,(H,16,18)(H,17,19). The van der Waals surface area contributed by atoms with Crippen LogP contribution in [0.3, 0.4) is 0 Å². The van der Waals surface area contributed by atoms with Gasteiger partial charge in [0.15, 0.2) is 5.76 Å². The lowest BCUT2D eigenvalue weighted by Gasteiger charge is -2.07. The summed E-state index contributed by atoms with van der Waals surface area (Å²) < 4.78 is 5.85. The first-order valence-corrected chi connectivity index (χ1v) is 7.11. The van der Waals surface area contributed by atoms with Crippen LogP contribution in [0.4, 0.5) is 0 Å². The molecule has 0 bridgehead atoms. The molecule has 2 amide bonds. The molecule has 2 aromatic rings. The number of halogens is 1. The van der Waals surface area contributed by atoms with E-state index >= 15 is 0 Å². The van der Waals surface area contributed by atoms with Gasteiger partial charge < -0.3 is 15.1 Å². The average Bonchev–Trinajstić information content (AvgIpc) is 2.98. The van der Waals surface area contributed by atoms with Crippen LogP contribution in [-0.2, 0) is 0 Å². The second-order valence-corrected chi connectivity index (χ2v) is 5.13. The Labute approximate surface area is 129 Å². The molecule has 0 aliphatic carbocycles. The zero-order valence-corrected chi connectivity index (χ0v) is 12.7. The zero-order valence-electron chi connectivity index (χ0n) is 10.6. The van der Waals surface area contributed by atoms with Crippen LogP contribution in [0.25, 0.3) is 0 Å². The summed E-state index contributed by atoms with van der Waals surface area (Å²) in [4.78, 5) is 23.4. The van der Waals surface area contributed by atoms with Crippen molar-refractivity contribution in [3.8, 4) is 0 Å². The molecular formula is C14H13IN2O3. The van der Waals surface area contributed by atoms with Gasteiger partial charge in [0.25, 0.3) is 11.8 Å². The van der Waals surface area contributed by atoms with Crippen LogP contribution in [-0.4, -0.2) is 24.9 Å². The Morgan fingerprint density at radius 3 is 2.35 bits per heavy atom. The van der Waals surface area contributed by atoms with E-state index in [-0.39, 0.29) is 17.6 Å². The van der Waals surface area contributed by atoms with Crippen molar-refractivity contribution in [2.45, 2.75) is 0 Å². The minimum Gasteiger partial charge on any atom is -0.459 e. The minimum absolute atomic E-state index is 0.151. The third-order valence-electron chi connectivity index (χ3n) is 2.56. The number of furan rings is 1. The molecule has 0 spiro atoms. The summed E-state index contributed by atoms with van der Waals surface area (Å²) in [6, 6.07) is 10.6. The number of hydrogen-bond acceptors (Lipinski definition) is 3. The molecule has 0 saturated heterocycles. The second-order valence-electron chi connectivity index (χ2n) is 3.97. The Morgan fingerprint density at radius 2 is 1.70 bits per heavy atom.